The number of methoxy groups -OCH3 is 1. The summed E-state index contributed by atoms with van der Waals surface area (Å²) in [7, 11) is 1.59. The fourth-order valence-electron chi connectivity index (χ4n) is 1.98. The predicted molar refractivity (Wildman–Crippen MR) is 91.4 cm³/mol. The van der Waals surface area contributed by atoms with Crippen LogP contribution < -0.4 is 10.1 Å². The normalized spacial score (nSPS) is 12.1. The van der Waals surface area contributed by atoms with E-state index in [4.69, 9.17) is 16.3 Å². The van der Waals surface area contributed by atoms with Crippen molar-refractivity contribution >= 4 is 23.6 Å². The van der Waals surface area contributed by atoms with Gasteiger partial charge in [-0.05, 0) is 41.5 Å². The summed E-state index contributed by atoms with van der Waals surface area (Å²) in [4.78, 5) is 11.8. The van der Waals surface area contributed by atoms with Crippen LogP contribution in [0.4, 0.5) is 0 Å². The standard InChI is InChI=1S/C18H18ClNO3/c1-23-16-4-2-3-13(11-16)5-10-18(22)20-12-17(21)14-6-8-15(19)9-7-14/h2-11,17,21H,12H2,1H3,(H,20,22)/b10-5+. The second-order valence-corrected chi connectivity index (χ2v) is 5.36. The van der Waals surface area contributed by atoms with Gasteiger partial charge in [-0.15, -0.1) is 0 Å². The van der Waals surface area contributed by atoms with Crippen molar-refractivity contribution in [3.05, 3.63) is 70.8 Å². The molecule has 4 nitrogen and oxygen atoms in total. The number of rotatable bonds is 6. The summed E-state index contributed by atoms with van der Waals surface area (Å²) in [6.45, 7) is 0.128. The van der Waals surface area contributed by atoms with E-state index in [-0.39, 0.29) is 12.5 Å². The van der Waals surface area contributed by atoms with Gasteiger partial charge in [0, 0.05) is 17.6 Å². The predicted octanol–water partition coefficient (Wildman–Crippen LogP) is 3.21. The third-order valence-corrected chi connectivity index (χ3v) is 3.50. The van der Waals surface area contributed by atoms with E-state index in [9.17, 15) is 9.90 Å². The van der Waals surface area contributed by atoms with Gasteiger partial charge < -0.3 is 15.2 Å². The van der Waals surface area contributed by atoms with Gasteiger partial charge in [0.25, 0.3) is 0 Å². The molecular weight excluding hydrogens is 314 g/mol. The van der Waals surface area contributed by atoms with Gasteiger partial charge in [0.2, 0.25) is 5.91 Å². The number of halogens is 1. The number of amides is 1. The first-order valence-corrected chi connectivity index (χ1v) is 7.50. The molecule has 0 aliphatic heterocycles. The summed E-state index contributed by atoms with van der Waals surface area (Å²) >= 11 is 5.80. The highest BCUT2D eigenvalue weighted by molar-refractivity contribution is 6.30. The second-order valence-electron chi connectivity index (χ2n) is 4.92. The average Bonchev–Trinajstić information content (AvgIpc) is 2.58. The Kier molecular flexibility index (Phi) is 6.20. The smallest absolute Gasteiger partial charge is 0.244 e. The molecule has 0 aromatic heterocycles. The first kappa shape index (κ1) is 17.1. The van der Waals surface area contributed by atoms with Gasteiger partial charge in [-0.2, -0.15) is 0 Å². The van der Waals surface area contributed by atoms with Gasteiger partial charge >= 0.3 is 0 Å². The minimum Gasteiger partial charge on any atom is -0.497 e. The van der Waals surface area contributed by atoms with Crippen molar-refractivity contribution in [3.63, 3.8) is 0 Å². The van der Waals surface area contributed by atoms with Crippen LogP contribution in [0.2, 0.25) is 5.02 Å². The highest BCUT2D eigenvalue weighted by Gasteiger charge is 2.08. The largest absolute Gasteiger partial charge is 0.497 e. The van der Waals surface area contributed by atoms with Gasteiger partial charge in [-0.1, -0.05) is 35.9 Å². The molecule has 0 spiro atoms. The molecule has 0 aliphatic carbocycles. The molecule has 0 fully saturated rings. The molecule has 0 aliphatic rings. The van der Waals surface area contributed by atoms with Gasteiger partial charge in [0.1, 0.15) is 5.75 Å². The molecule has 0 radical (unpaired) electrons. The lowest BCUT2D eigenvalue weighted by molar-refractivity contribution is -0.116. The van der Waals surface area contributed by atoms with Gasteiger partial charge in [0.05, 0.1) is 13.2 Å². The maximum Gasteiger partial charge on any atom is 0.244 e. The highest BCUT2D eigenvalue weighted by Crippen LogP contribution is 2.16. The number of benzene rings is 2. The Morgan fingerprint density at radius 1 is 1.30 bits per heavy atom. The molecule has 120 valence electrons. The van der Waals surface area contributed by atoms with Gasteiger partial charge in [-0.3, -0.25) is 4.79 Å². The van der Waals surface area contributed by atoms with E-state index in [1.807, 2.05) is 24.3 Å². The maximum absolute atomic E-state index is 11.8. The van der Waals surface area contributed by atoms with Gasteiger partial charge in [0.15, 0.2) is 0 Å². The van der Waals surface area contributed by atoms with E-state index in [2.05, 4.69) is 5.32 Å². The summed E-state index contributed by atoms with van der Waals surface area (Å²) in [5.41, 5.74) is 1.56. The van der Waals surface area contributed by atoms with Crippen molar-refractivity contribution in [3.8, 4) is 5.75 Å². The summed E-state index contributed by atoms with van der Waals surface area (Å²) < 4.78 is 5.12. The zero-order valence-electron chi connectivity index (χ0n) is 12.7. The summed E-state index contributed by atoms with van der Waals surface area (Å²) in [6, 6.07) is 14.2. The van der Waals surface area contributed by atoms with Crippen LogP contribution in [-0.2, 0) is 4.79 Å². The van der Waals surface area contributed by atoms with Crippen LogP contribution in [0.5, 0.6) is 5.75 Å². The Bertz CT molecular complexity index is 683. The van der Waals surface area contributed by atoms with E-state index < -0.39 is 6.10 Å². The molecule has 0 heterocycles. The van der Waals surface area contributed by atoms with Crippen LogP contribution >= 0.6 is 11.6 Å². The van der Waals surface area contributed by atoms with Crippen molar-refractivity contribution in [1.82, 2.24) is 5.32 Å². The number of carbonyl (C=O) groups is 1. The molecule has 1 atom stereocenters. The Morgan fingerprint density at radius 3 is 2.74 bits per heavy atom. The monoisotopic (exact) mass is 331 g/mol. The van der Waals surface area contributed by atoms with E-state index in [0.717, 1.165) is 11.3 Å². The minimum absolute atomic E-state index is 0.128. The fourth-order valence-corrected chi connectivity index (χ4v) is 2.10. The number of carbonyl (C=O) groups excluding carboxylic acids is 1. The van der Waals surface area contributed by atoms with Gasteiger partial charge in [-0.25, -0.2) is 0 Å². The molecule has 1 unspecified atom stereocenters. The lowest BCUT2D eigenvalue weighted by Crippen LogP contribution is -2.26. The van der Waals surface area contributed by atoms with Crippen molar-refractivity contribution in [2.45, 2.75) is 6.10 Å². The Morgan fingerprint density at radius 2 is 2.04 bits per heavy atom. The number of aliphatic hydroxyl groups is 1. The summed E-state index contributed by atoms with van der Waals surface area (Å²) in [6.07, 6.45) is 2.33. The average molecular weight is 332 g/mol. The van der Waals surface area contributed by atoms with E-state index in [1.165, 1.54) is 6.08 Å². The SMILES string of the molecule is COc1cccc(/C=C/C(=O)NCC(O)c2ccc(Cl)cc2)c1. The molecule has 2 rings (SSSR count). The first-order valence-electron chi connectivity index (χ1n) is 7.12. The van der Waals surface area contributed by atoms with Crippen molar-refractivity contribution in [2.75, 3.05) is 13.7 Å². The van der Waals surface area contributed by atoms with Crippen LogP contribution in [-0.4, -0.2) is 24.7 Å². The van der Waals surface area contributed by atoms with Crippen LogP contribution in [0.15, 0.2) is 54.6 Å². The number of ether oxygens (including phenoxy) is 1. The molecule has 2 aromatic rings. The Hall–Kier alpha value is -2.30. The first-order chi connectivity index (χ1) is 11.1. The van der Waals surface area contributed by atoms with Crippen molar-refractivity contribution in [1.29, 1.82) is 0 Å². The highest BCUT2D eigenvalue weighted by atomic mass is 35.5. The molecule has 23 heavy (non-hydrogen) atoms. The second kappa shape index (κ2) is 8.36. The zero-order valence-corrected chi connectivity index (χ0v) is 13.5. The summed E-state index contributed by atoms with van der Waals surface area (Å²) in [5, 5.41) is 13.3. The van der Waals surface area contributed by atoms with E-state index >= 15 is 0 Å². The number of hydrogen-bond donors (Lipinski definition) is 2. The molecule has 5 heteroatoms. The van der Waals surface area contributed by atoms with Crippen molar-refractivity contribution < 1.29 is 14.6 Å². The third kappa shape index (κ3) is 5.43. The minimum atomic E-state index is -0.776. The van der Waals surface area contributed by atoms with Crippen LogP contribution in [0.3, 0.4) is 0 Å². The fraction of sp³-hybridized carbons (Fsp3) is 0.167. The lowest BCUT2D eigenvalue weighted by atomic mass is 10.1. The van der Waals surface area contributed by atoms with E-state index in [1.54, 1.807) is 37.5 Å². The van der Waals surface area contributed by atoms with Crippen LogP contribution in [0, 0.1) is 0 Å². The van der Waals surface area contributed by atoms with Crippen LogP contribution in [0.1, 0.15) is 17.2 Å². The quantitative estimate of drug-likeness (QED) is 0.799. The topological polar surface area (TPSA) is 58.6 Å². The maximum atomic E-state index is 11.8. The Labute approximate surface area is 140 Å². The van der Waals surface area contributed by atoms with E-state index in [0.29, 0.717) is 10.6 Å². The molecule has 0 bridgehead atoms. The number of hydrogen-bond acceptors (Lipinski definition) is 3. The molecular formula is C18H18ClNO3. The molecule has 0 saturated carbocycles. The molecule has 2 N–H and O–H groups in total. The lowest BCUT2D eigenvalue weighted by Gasteiger charge is -2.11. The summed E-state index contributed by atoms with van der Waals surface area (Å²) in [5.74, 6) is 0.451. The number of aliphatic hydroxyl groups excluding tert-OH is 1. The van der Waals surface area contributed by atoms with Crippen LogP contribution in [0.25, 0.3) is 6.08 Å². The molecule has 2 aromatic carbocycles. The molecule has 0 saturated heterocycles. The third-order valence-electron chi connectivity index (χ3n) is 3.25. The number of nitrogens with one attached hydrogen (secondary N) is 1. The Balaban J connectivity index is 1.86. The zero-order chi connectivity index (χ0) is 16.7. The van der Waals surface area contributed by atoms with Crippen molar-refractivity contribution in [2.24, 2.45) is 0 Å². The molecule has 1 amide bonds.